The number of benzene rings is 1. The second kappa shape index (κ2) is 15.7. The Bertz CT molecular complexity index is 757. The molecule has 0 fully saturated rings. The number of aryl methyl sites for hydroxylation is 2. The molecule has 28 heavy (non-hydrogen) atoms. The van der Waals surface area contributed by atoms with Crippen molar-refractivity contribution in [1.82, 2.24) is 4.57 Å². The fourth-order valence-corrected chi connectivity index (χ4v) is 2.36. The van der Waals surface area contributed by atoms with Crippen LogP contribution < -0.4 is 0 Å². The SMILES string of the molecule is CC.CC.CCn1cc(C(=O)C(=O)c2ccc(F)c(Br)c2)cc1C.COC=O. The van der Waals surface area contributed by atoms with Gasteiger partial charge in [0, 0.05) is 29.6 Å². The number of carbonyl (C=O) groups excluding carboxylic acids is 3. The van der Waals surface area contributed by atoms with E-state index >= 15 is 0 Å². The number of ketones is 2. The molecule has 0 amide bonds. The number of Topliss-reactive ketones (excluding diaryl/α,β-unsaturated/α-hetero) is 2. The van der Waals surface area contributed by atoms with Crippen molar-refractivity contribution in [3.63, 3.8) is 0 Å². The van der Waals surface area contributed by atoms with Gasteiger partial charge in [-0.3, -0.25) is 14.4 Å². The van der Waals surface area contributed by atoms with Gasteiger partial charge in [-0.05, 0) is 54.0 Å². The second-order valence-corrected chi connectivity index (χ2v) is 5.63. The van der Waals surface area contributed by atoms with Crippen LogP contribution in [0, 0.1) is 12.7 Å². The van der Waals surface area contributed by atoms with Gasteiger partial charge in [0.15, 0.2) is 0 Å². The quantitative estimate of drug-likeness (QED) is 0.331. The summed E-state index contributed by atoms with van der Waals surface area (Å²) in [5.41, 5.74) is 1.45. The Balaban J connectivity index is 0. The Labute approximate surface area is 175 Å². The molecule has 0 atom stereocenters. The average molecular weight is 458 g/mol. The minimum atomic E-state index is -0.640. The van der Waals surface area contributed by atoms with Gasteiger partial charge < -0.3 is 9.30 Å². The van der Waals surface area contributed by atoms with Crippen LogP contribution in [0.5, 0.6) is 0 Å². The van der Waals surface area contributed by atoms with Gasteiger partial charge in [-0.2, -0.15) is 0 Å². The van der Waals surface area contributed by atoms with Crippen molar-refractivity contribution >= 4 is 34.0 Å². The highest BCUT2D eigenvalue weighted by Crippen LogP contribution is 2.19. The van der Waals surface area contributed by atoms with Gasteiger partial charge in [-0.25, -0.2) is 4.39 Å². The highest BCUT2D eigenvalue weighted by molar-refractivity contribution is 9.10. The minimum Gasteiger partial charge on any atom is -0.471 e. The second-order valence-electron chi connectivity index (χ2n) is 4.78. The van der Waals surface area contributed by atoms with Gasteiger partial charge in [0.2, 0.25) is 11.6 Å². The predicted octanol–water partition coefficient (Wildman–Crippen LogP) is 5.63. The van der Waals surface area contributed by atoms with Gasteiger partial charge in [0.1, 0.15) is 5.82 Å². The summed E-state index contributed by atoms with van der Waals surface area (Å²) in [4.78, 5) is 33.2. The molecule has 0 unspecified atom stereocenters. The number of hydrogen-bond acceptors (Lipinski definition) is 4. The van der Waals surface area contributed by atoms with Gasteiger partial charge in [0.25, 0.3) is 6.47 Å². The van der Waals surface area contributed by atoms with Crippen LogP contribution in [0.2, 0.25) is 0 Å². The van der Waals surface area contributed by atoms with E-state index in [2.05, 4.69) is 20.7 Å². The molecule has 1 aromatic carbocycles. The Morgan fingerprint density at radius 1 is 1.11 bits per heavy atom. The number of methoxy groups -OCH3 is 1. The Kier molecular flexibility index (Phi) is 15.7. The summed E-state index contributed by atoms with van der Waals surface area (Å²) in [5, 5.41) is 0. The van der Waals surface area contributed by atoms with Crippen LogP contribution in [-0.4, -0.2) is 29.7 Å². The topological polar surface area (TPSA) is 65.4 Å². The van der Waals surface area contributed by atoms with Crippen molar-refractivity contribution in [2.75, 3.05) is 7.11 Å². The molecule has 0 radical (unpaired) electrons. The summed E-state index contributed by atoms with van der Waals surface area (Å²) in [7, 11) is 1.31. The number of nitrogens with zero attached hydrogens (tertiary/aromatic N) is 1. The van der Waals surface area contributed by atoms with E-state index in [1.54, 1.807) is 12.3 Å². The summed E-state index contributed by atoms with van der Waals surface area (Å²) in [6.45, 7) is 12.9. The van der Waals surface area contributed by atoms with Crippen LogP contribution in [0.15, 0.2) is 34.9 Å². The van der Waals surface area contributed by atoms with Crippen LogP contribution >= 0.6 is 15.9 Å². The van der Waals surface area contributed by atoms with Crippen LogP contribution in [0.25, 0.3) is 0 Å². The molecule has 0 spiro atoms. The maximum atomic E-state index is 13.1. The molecule has 0 saturated heterocycles. The maximum absolute atomic E-state index is 13.1. The molecule has 0 aliphatic carbocycles. The molecule has 0 saturated carbocycles. The molecule has 0 aliphatic rings. The van der Waals surface area contributed by atoms with Gasteiger partial charge >= 0.3 is 0 Å². The third kappa shape index (κ3) is 8.61. The molecular weight excluding hydrogens is 429 g/mol. The lowest BCUT2D eigenvalue weighted by Crippen LogP contribution is -2.14. The van der Waals surface area contributed by atoms with E-state index in [9.17, 15) is 14.0 Å². The fraction of sp³-hybridized carbons (Fsp3) is 0.381. The number of ether oxygens (including phenoxy) is 1. The van der Waals surface area contributed by atoms with Gasteiger partial charge in [-0.15, -0.1) is 0 Å². The van der Waals surface area contributed by atoms with Crippen molar-refractivity contribution < 1.29 is 23.5 Å². The molecule has 5 nitrogen and oxygen atoms in total. The van der Waals surface area contributed by atoms with Crippen LogP contribution in [0.3, 0.4) is 0 Å². The van der Waals surface area contributed by atoms with E-state index in [4.69, 9.17) is 4.79 Å². The van der Waals surface area contributed by atoms with Crippen molar-refractivity contribution in [3.05, 3.63) is 57.6 Å². The summed E-state index contributed by atoms with van der Waals surface area (Å²) >= 11 is 3.00. The van der Waals surface area contributed by atoms with E-state index in [0.29, 0.717) is 12.0 Å². The molecule has 0 aliphatic heterocycles. The first-order valence-electron chi connectivity index (χ1n) is 9.03. The lowest BCUT2D eigenvalue weighted by Gasteiger charge is -2.01. The van der Waals surface area contributed by atoms with Crippen LogP contribution in [-0.2, 0) is 16.1 Å². The normalized spacial score (nSPS) is 8.75. The van der Waals surface area contributed by atoms with Crippen molar-refractivity contribution in [2.45, 2.75) is 48.1 Å². The third-order valence-electron chi connectivity index (χ3n) is 3.20. The zero-order valence-corrected chi connectivity index (χ0v) is 19.1. The smallest absolute Gasteiger partial charge is 0.292 e. The number of rotatable bonds is 5. The van der Waals surface area contributed by atoms with E-state index in [0.717, 1.165) is 18.3 Å². The van der Waals surface area contributed by atoms with Gasteiger partial charge in [0.05, 0.1) is 11.6 Å². The first-order chi connectivity index (χ1) is 13.3. The molecule has 1 heterocycles. The zero-order chi connectivity index (χ0) is 22.3. The fourth-order valence-electron chi connectivity index (χ4n) is 1.98. The minimum absolute atomic E-state index is 0.165. The zero-order valence-electron chi connectivity index (χ0n) is 17.5. The first kappa shape index (κ1) is 27.9. The molecule has 0 N–H and O–H groups in total. The molecule has 1 aromatic heterocycles. The molecule has 2 aromatic rings. The van der Waals surface area contributed by atoms with E-state index in [1.165, 1.54) is 19.2 Å². The monoisotopic (exact) mass is 457 g/mol. The number of carbonyl (C=O) groups is 3. The summed E-state index contributed by atoms with van der Waals surface area (Å²) in [6, 6.07) is 5.47. The maximum Gasteiger partial charge on any atom is 0.292 e. The molecule has 0 bridgehead atoms. The first-order valence-corrected chi connectivity index (χ1v) is 9.82. The van der Waals surface area contributed by atoms with Crippen LogP contribution in [0.4, 0.5) is 4.39 Å². The van der Waals surface area contributed by atoms with E-state index in [-0.39, 0.29) is 10.0 Å². The molecule has 2 rings (SSSR count). The lowest BCUT2D eigenvalue weighted by atomic mass is 10.0. The van der Waals surface area contributed by atoms with Crippen molar-refractivity contribution in [1.29, 1.82) is 0 Å². The van der Waals surface area contributed by atoms with Crippen molar-refractivity contribution in [2.24, 2.45) is 0 Å². The van der Waals surface area contributed by atoms with E-state index < -0.39 is 17.4 Å². The highest BCUT2D eigenvalue weighted by atomic mass is 79.9. The summed E-state index contributed by atoms with van der Waals surface area (Å²) in [6.07, 6.45) is 1.66. The summed E-state index contributed by atoms with van der Waals surface area (Å²) in [5.74, 6) is -1.69. The Morgan fingerprint density at radius 3 is 2.00 bits per heavy atom. The Morgan fingerprint density at radius 2 is 1.61 bits per heavy atom. The largest absolute Gasteiger partial charge is 0.471 e. The average Bonchev–Trinajstić information content (AvgIpc) is 3.12. The number of halogens is 2. The predicted molar refractivity (Wildman–Crippen MR) is 113 cm³/mol. The Hall–Kier alpha value is -2.28. The third-order valence-corrected chi connectivity index (χ3v) is 3.81. The highest BCUT2D eigenvalue weighted by Gasteiger charge is 2.20. The summed E-state index contributed by atoms with van der Waals surface area (Å²) < 4.78 is 19.1. The molecule has 7 heteroatoms. The molecular formula is C21H29BrFNO4. The standard InChI is InChI=1S/C15H13BrFNO2.C2H4O2.2C2H6/c1-3-18-8-11(6-9(18)2)15(20)14(19)10-4-5-13(17)12(16)7-10;1-4-2-3;2*1-2/h4-8H,3H2,1-2H3;2H,1H3;2*1-2H3. The van der Waals surface area contributed by atoms with Crippen LogP contribution in [0.1, 0.15) is 61.0 Å². The van der Waals surface area contributed by atoms with E-state index in [1.807, 2.05) is 46.1 Å². The van der Waals surface area contributed by atoms with Gasteiger partial charge in [-0.1, -0.05) is 27.7 Å². The number of aromatic nitrogens is 1. The van der Waals surface area contributed by atoms with Crippen molar-refractivity contribution in [3.8, 4) is 0 Å². The lowest BCUT2D eigenvalue weighted by molar-refractivity contribution is -0.126. The molecule has 156 valence electrons. The number of hydrogen-bond donors (Lipinski definition) is 0.